The maximum Gasteiger partial charge on any atom is 0.331 e. The number of esters is 1. The standard InChI is InChI=1S/C15H17NO5/c1-10(2)5-15(18)19-8-14(17)16-7-11-3-4-12-13(6-11)21-9-20-12/h3-6H,7-9H2,1-2H3,(H,16,17). The number of nitrogens with one attached hydrogen (secondary N) is 1. The molecule has 0 aromatic heterocycles. The molecular weight excluding hydrogens is 274 g/mol. The van der Waals surface area contributed by atoms with E-state index in [0.29, 0.717) is 18.0 Å². The van der Waals surface area contributed by atoms with Gasteiger partial charge in [0, 0.05) is 12.6 Å². The Morgan fingerprint density at radius 3 is 2.81 bits per heavy atom. The first-order valence-electron chi connectivity index (χ1n) is 6.51. The average molecular weight is 291 g/mol. The van der Waals surface area contributed by atoms with Gasteiger partial charge < -0.3 is 19.5 Å². The fourth-order valence-electron chi connectivity index (χ4n) is 1.72. The van der Waals surface area contributed by atoms with Gasteiger partial charge in [0.1, 0.15) is 0 Å². The molecule has 1 N–H and O–H groups in total. The number of benzene rings is 1. The van der Waals surface area contributed by atoms with Crippen LogP contribution in [0.25, 0.3) is 0 Å². The molecule has 6 nitrogen and oxygen atoms in total. The van der Waals surface area contributed by atoms with Crippen molar-refractivity contribution in [1.29, 1.82) is 0 Å². The number of hydrogen-bond donors (Lipinski definition) is 1. The van der Waals surface area contributed by atoms with Gasteiger partial charge in [-0.3, -0.25) is 4.79 Å². The van der Waals surface area contributed by atoms with Crippen LogP contribution in [0, 0.1) is 0 Å². The summed E-state index contributed by atoms with van der Waals surface area (Å²) in [6.45, 7) is 3.80. The third kappa shape index (κ3) is 4.52. The molecule has 0 radical (unpaired) electrons. The van der Waals surface area contributed by atoms with Crippen LogP contribution in [0.3, 0.4) is 0 Å². The van der Waals surface area contributed by atoms with E-state index in [1.165, 1.54) is 6.08 Å². The molecule has 0 saturated heterocycles. The normalized spacial score (nSPS) is 11.7. The maximum atomic E-state index is 11.6. The summed E-state index contributed by atoms with van der Waals surface area (Å²) in [5.74, 6) is 0.480. The molecule has 1 aromatic rings. The Morgan fingerprint density at radius 2 is 2.05 bits per heavy atom. The summed E-state index contributed by atoms with van der Waals surface area (Å²) >= 11 is 0. The van der Waals surface area contributed by atoms with Crippen molar-refractivity contribution in [3.63, 3.8) is 0 Å². The highest BCUT2D eigenvalue weighted by Gasteiger charge is 2.13. The Morgan fingerprint density at radius 1 is 1.29 bits per heavy atom. The number of fused-ring (bicyclic) bond motifs is 1. The van der Waals surface area contributed by atoms with Crippen LogP contribution < -0.4 is 14.8 Å². The Hall–Kier alpha value is -2.50. The third-order valence-corrected chi connectivity index (χ3v) is 2.68. The SMILES string of the molecule is CC(C)=CC(=O)OCC(=O)NCc1ccc2c(c1)OCO2. The maximum absolute atomic E-state index is 11.6. The van der Waals surface area contributed by atoms with E-state index in [0.717, 1.165) is 11.1 Å². The fraction of sp³-hybridized carbons (Fsp3) is 0.333. The molecule has 0 unspecified atom stereocenters. The summed E-state index contributed by atoms with van der Waals surface area (Å²) in [5.41, 5.74) is 1.70. The number of rotatable bonds is 5. The van der Waals surface area contributed by atoms with Crippen molar-refractivity contribution in [3.05, 3.63) is 35.4 Å². The van der Waals surface area contributed by atoms with Gasteiger partial charge in [-0.1, -0.05) is 11.6 Å². The highest BCUT2D eigenvalue weighted by molar-refractivity contribution is 5.86. The predicted octanol–water partition coefficient (Wildman–Crippen LogP) is 1.54. The van der Waals surface area contributed by atoms with Crippen LogP contribution in [0.4, 0.5) is 0 Å². The molecule has 0 fully saturated rings. The van der Waals surface area contributed by atoms with E-state index in [1.54, 1.807) is 26.0 Å². The molecule has 0 bridgehead atoms. The van der Waals surface area contributed by atoms with Crippen molar-refractivity contribution in [3.8, 4) is 11.5 Å². The van der Waals surface area contributed by atoms with Crippen LogP contribution in [0.15, 0.2) is 29.8 Å². The van der Waals surface area contributed by atoms with Crippen LogP contribution in [-0.2, 0) is 20.9 Å². The van der Waals surface area contributed by atoms with Crippen LogP contribution in [-0.4, -0.2) is 25.3 Å². The number of hydrogen-bond acceptors (Lipinski definition) is 5. The van der Waals surface area contributed by atoms with E-state index in [4.69, 9.17) is 14.2 Å². The molecule has 1 heterocycles. The van der Waals surface area contributed by atoms with Gasteiger partial charge in [-0.2, -0.15) is 0 Å². The van der Waals surface area contributed by atoms with Gasteiger partial charge in [0.15, 0.2) is 18.1 Å². The van der Waals surface area contributed by atoms with Gasteiger partial charge in [-0.25, -0.2) is 4.79 Å². The largest absolute Gasteiger partial charge is 0.454 e. The first kappa shape index (κ1) is 14.9. The van der Waals surface area contributed by atoms with Gasteiger partial charge in [0.2, 0.25) is 6.79 Å². The fourth-order valence-corrected chi connectivity index (χ4v) is 1.72. The number of allylic oxidation sites excluding steroid dienone is 1. The van der Waals surface area contributed by atoms with Crippen LogP contribution >= 0.6 is 0 Å². The van der Waals surface area contributed by atoms with Crippen molar-refractivity contribution < 1.29 is 23.8 Å². The second kappa shape index (κ2) is 6.78. The zero-order chi connectivity index (χ0) is 15.2. The van der Waals surface area contributed by atoms with Crippen molar-refractivity contribution in [2.45, 2.75) is 20.4 Å². The minimum atomic E-state index is -0.520. The highest BCUT2D eigenvalue weighted by Crippen LogP contribution is 2.32. The van der Waals surface area contributed by atoms with Crippen molar-refractivity contribution in [2.24, 2.45) is 0 Å². The molecule has 0 atom stereocenters. The van der Waals surface area contributed by atoms with Crippen LogP contribution in [0.1, 0.15) is 19.4 Å². The predicted molar refractivity (Wildman–Crippen MR) is 74.8 cm³/mol. The van der Waals surface area contributed by atoms with Gasteiger partial charge >= 0.3 is 5.97 Å². The average Bonchev–Trinajstić information content (AvgIpc) is 2.89. The lowest BCUT2D eigenvalue weighted by Crippen LogP contribution is -2.28. The molecule has 1 aliphatic rings. The lowest BCUT2D eigenvalue weighted by Gasteiger charge is -2.06. The number of carbonyl (C=O) groups excluding carboxylic acids is 2. The second-order valence-electron chi connectivity index (χ2n) is 4.79. The summed E-state index contributed by atoms with van der Waals surface area (Å²) in [6.07, 6.45) is 1.34. The Balaban J connectivity index is 1.76. The lowest BCUT2D eigenvalue weighted by molar-refractivity contribution is -0.143. The van der Waals surface area contributed by atoms with Gasteiger partial charge in [0.25, 0.3) is 5.91 Å². The molecule has 2 rings (SSSR count). The topological polar surface area (TPSA) is 73.9 Å². The van der Waals surface area contributed by atoms with E-state index in [2.05, 4.69) is 5.32 Å². The summed E-state index contributed by atoms with van der Waals surface area (Å²) in [6, 6.07) is 5.43. The Bertz CT molecular complexity index is 575. The van der Waals surface area contributed by atoms with Gasteiger partial charge in [0.05, 0.1) is 0 Å². The minimum Gasteiger partial charge on any atom is -0.454 e. The Kier molecular flexibility index (Phi) is 4.81. The molecule has 21 heavy (non-hydrogen) atoms. The monoisotopic (exact) mass is 291 g/mol. The lowest BCUT2D eigenvalue weighted by atomic mass is 10.2. The van der Waals surface area contributed by atoms with Crippen LogP contribution in [0.2, 0.25) is 0 Å². The van der Waals surface area contributed by atoms with E-state index >= 15 is 0 Å². The summed E-state index contributed by atoms with van der Waals surface area (Å²) in [4.78, 5) is 22.8. The summed E-state index contributed by atoms with van der Waals surface area (Å²) in [7, 11) is 0. The highest BCUT2D eigenvalue weighted by atomic mass is 16.7. The van der Waals surface area contributed by atoms with Crippen LogP contribution in [0.5, 0.6) is 11.5 Å². The Labute approximate surface area is 122 Å². The number of carbonyl (C=O) groups is 2. The minimum absolute atomic E-state index is 0.214. The molecule has 0 aliphatic carbocycles. The van der Waals surface area contributed by atoms with E-state index in [-0.39, 0.29) is 19.3 Å². The molecule has 1 amide bonds. The molecule has 6 heteroatoms. The zero-order valence-corrected chi connectivity index (χ0v) is 12.0. The van der Waals surface area contributed by atoms with E-state index in [9.17, 15) is 9.59 Å². The molecule has 112 valence electrons. The summed E-state index contributed by atoms with van der Waals surface area (Å²) < 4.78 is 15.3. The number of ether oxygens (including phenoxy) is 3. The molecule has 1 aromatic carbocycles. The smallest absolute Gasteiger partial charge is 0.331 e. The zero-order valence-electron chi connectivity index (χ0n) is 12.0. The van der Waals surface area contributed by atoms with Crippen molar-refractivity contribution >= 4 is 11.9 Å². The molecule has 0 spiro atoms. The van der Waals surface area contributed by atoms with E-state index < -0.39 is 5.97 Å². The molecule has 0 saturated carbocycles. The summed E-state index contributed by atoms with van der Waals surface area (Å²) in [5, 5.41) is 2.67. The van der Waals surface area contributed by atoms with E-state index in [1.807, 2.05) is 6.07 Å². The van der Waals surface area contributed by atoms with Gasteiger partial charge in [-0.05, 0) is 31.5 Å². The van der Waals surface area contributed by atoms with Crippen molar-refractivity contribution in [1.82, 2.24) is 5.32 Å². The number of amides is 1. The first-order chi connectivity index (χ1) is 10.0. The molecule has 1 aliphatic heterocycles. The molecular formula is C15H17NO5. The van der Waals surface area contributed by atoms with Gasteiger partial charge in [-0.15, -0.1) is 0 Å². The first-order valence-corrected chi connectivity index (χ1v) is 6.51. The quantitative estimate of drug-likeness (QED) is 0.658. The second-order valence-corrected chi connectivity index (χ2v) is 4.79. The third-order valence-electron chi connectivity index (χ3n) is 2.68. The van der Waals surface area contributed by atoms with Crippen molar-refractivity contribution in [2.75, 3.05) is 13.4 Å².